The van der Waals surface area contributed by atoms with Crippen molar-refractivity contribution in [3.63, 3.8) is 0 Å². The molecule has 0 fully saturated rings. The van der Waals surface area contributed by atoms with Crippen LogP contribution in [-0.4, -0.2) is 5.43 Å². The number of fused-ring (bicyclic) bond motifs is 2. The van der Waals surface area contributed by atoms with Crippen molar-refractivity contribution in [2.45, 2.75) is 75.7 Å². The number of rotatable bonds is 6. The molecule has 2 unspecified atom stereocenters. The number of furan rings is 2. The third-order valence-electron chi connectivity index (χ3n) is 12.3. The Morgan fingerprint density at radius 3 is 1.26 bits per heavy atom. The number of hydrogen-bond acceptors (Lipinski definition) is 2. The second-order valence-corrected chi connectivity index (χ2v) is 55.0. The Morgan fingerprint density at radius 2 is 0.926 bits per heavy atom. The van der Waals surface area contributed by atoms with Gasteiger partial charge in [-0.25, -0.2) is 0 Å². The Labute approximate surface area is 328 Å². The normalized spacial score (nSPS) is 16.7. The summed E-state index contributed by atoms with van der Waals surface area (Å²) < 4.78 is 12.9. The second-order valence-electron chi connectivity index (χ2n) is 16.2. The summed E-state index contributed by atoms with van der Waals surface area (Å²) in [4.78, 5) is 0. The van der Waals surface area contributed by atoms with E-state index >= 15 is 0 Å². The third-order valence-corrected chi connectivity index (χ3v) is 58.6. The van der Waals surface area contributed by atoms with Crippen LogP contribution in [0.25, 0.3) is 45.6 Å². The molecule has 0 spiro atoms. The Hall–Kier alpha value is -3.40. The van der Waals surface area contributed by atoms with Gasteiger partial charge in [-0.05, 0) is 0 Å². The van der Waals surface area contributed by atoms with Gasteiger partial charge in [0, 0.05) is 0 Å². The van der Waals surface area contributed by atoms with Gasteiger partial charge in [0.2, 0.25) is 0 Å². The molecule has 0 saturated heterocycles. The van der Waals surface area contributed by atoms with E-state index in [1.54, 1.807) is 0 Å². The van der Waals surface area contributed by atoms with Crippen LogP contribution < -0.4 is 0 Å². The molecule has 2 nitrogen and oxygen atoms in total. The van der Waals surface area contributed by atoms with Gasteiger partial charge in [-0.2, -0.15) is 0 Å². The van der Waals surface area contributed by atoms with Crippen LogP contribution in [0.15, 0.2) is 93.8 Å². The van der Waals surface area contributed by atoms with Crippen LogP contribution in [0.1, 0.15) is 85.9 Å². The van der Waals surface area contributed by atoms with E-state index in [1.165, 1.54) is 66.8 Å². The van der Waals surface area contributed by atoms with Crippen molar-refractivity contribution < 1.29 is 23.8 Å². The Bertz CT molecular complexity index is 2480. The molecule has 2 heterocycles. The van der Waals surface area contributed by atoms with Crippen LogP contribution in [0.2, 0.25) is 13.1 Å². The van der Waals surface area contributed by atoms with Crippen LogP contribution in [-0.2, 0) is 15.0 Å². The summed E-state index contributed by atoms with van der Waals surface area (Å²) in [5, 5.41) is 0. The Morgan fingerprint density at radius 1 is 0.519 bits per heavy atom. The quantitative estimate of drug-likeness (QED) is 0.156. The van der Waals surface area contributed by atoms with Crippen molar-refractivity contribution in [1.29, 1.82) is 0 Å². The average molecular weight is 847 g/mol. The van der Waals surface area contributed by atoms with Gasteiger partial charge in [0.15, 0.2) is 0 Å². The first kappa shape index (κ1) is 37.5. The molecule has 0 amide bonds. The van der Waals surface area contributed by atoms with E-state index in [1.807, 2.05) is 13.8 Å². The molecule has 8 rings (SSSR count). The molecule has 2 atom stereocenters. The minimum atomic E-state index is -5.38. The summed E-state index contributed by atoms with van der Waals surface area (Å²) in [7, 11) is 17.9. The number of benzene rings is 4. The number of halogens is 2. The summed E-state index contributed by atoms with van der Waals surface area (Å²) in [6.07, 6.45) is 4.75. The fourth-order valence-corrected chi connectivity index (χ4v) is 36.9. The predicted molar refractivity (Wildman–Crippen MR) is 229 cm³/mol. The molecule has 2 aliphatic rings. The first-order valence-corrected chi connectivity index (χ1v) is 34.3. The summed E-state index contributed by atoms with van der Waals surface area (Å²) in [6.45, 7) is 21.8. The molecule has 0 saturated carbocycles. The molecular weight excluding hydrogens is 799 g/mol. The zero-order valence-electron chi connectivity index (χ0n) is 33.0. The molecule has 2 aromatic heterocycles. The molecule has 4 aromatic carbocycles. The van der Waals surface area contributed by atoms with E-state index in [0.29, 0.717) is 0 Å². The molecule has 0 bridgehead atoms. The molecule has 6 heteroatoms. The van der Waals surface area contributed by atoms with E-state index in [0.717, 1.165) is 45.3 Å². The van der Waals surface area contributed by atoms with Gasteiger partial charge in [0.25, 0.3) is 0 Å². The third kappa shape index (κ3) is 5.73. The zero-order valence-corrected chi connectivity index (χ0v) is 37.9. The van der Waals surface area contributed by atoms with Crippen LogP contribution in [0.3, 0.4) is 0 Å². The van der Waals surface area contributed by atoms with Crippen molar-refractivity contribution in [1.82, 2.24) is 0 Å². The van der Waals surface area contributed by atoms with Gasteiger partial charge in [-0.15, -0.1) is 0 Å². The van der Waals surface area contributed by atoms with Crippen molar-refractivity contribution in [3.8, 4) is 22.3 Å². The van der Waals surface area contributed by atoms with Gasteiger partial charge in [-0.3, -0.25) is 0 Å². The van der Waals surface area contributed by atoms with Crippen molar-refractivity contribution in [2.75, 3.05) is 0 Å². The molecule has 2 aliphatic carbocycles. The maximum absolute atomic E-state index is 8.96. The number of aryl methyl sites for hydroxylation is 8. The standard InChI is InChI=1S/2C23H21O.C2H6Si.2ClH.Zr/c2*1-14-6-5-7-19(10-14)23-15(2)8-9-18-12-20(13-21(18)23)22-11-16(3)17(4)24-22;1-3-2;;;/h2*5-13H,1-4H3;1-2H3;2*1H;/q;;;;;+2/p-2. The van der Waals surface area contributed by atoms with Crippen molar-refractivity contribution in [3.05, 3.63) is 164 Å². The van der Waals surface area contributed by atoms with E-state index in [9.17, 15) is 0 Å². The maximum atomic E-state index is 8.96. The molecule has 54 heavy (non-hydrogen) atoms. The first-order chi connectivity index (χ1) is 25.6. The predicted octanol–water partition coefficient (Wildman–Crippen LogP) is 14.8. The summed E-state index contributed by atoms with van der Waals surface area (Å²) in [5.41, 5.74) is 17.7. The van der Waals surface area contributed by atoms with E-state index < -0.39 is 20.4 Å². The second kappa shape index (κ2) is 13.4. The Kier molecular flexibility index (Phi) is 9.29. The van der Waals surface area contributed by atoms with Gasteiger partial charge in [0.1, 0.15) is 0 Å². The summed E-state index contributed by atoms with van der Waals surface area (Å²) in [6, 6.07) is 31.2. The topological polar surface area (TPSA) is 26.3 Å². The van der Waals surface area contributed by atoms with Gasteiger partial charge in [-0.1, -0.05) is 0 Å². The number of allylic oxidation sites excluding steroid dienone is 2. The molecule has 0 radical (unpaired) electrons. The molecule has 6 aromatic rings. The van der Waals surface area contributed by atoms with Crippen LogP contribution >= 0.6 is 17.0 Å². The SMILES string of the molecule is Cc1cccc(-c2c(C)ccc3c2C=C(c2cc(C)c(C)o2)[CH]3[Zr]([Cl])([Cl])([CH]2C(c3cc(C)c(C)o3)=Cc3c2ccc(C)c3-c2cccc(C)c2)=[Si](C)C)c1. The average Bonchev–Trinajstić information content (AvgIpc) is 3.88. The molecule has 0 N–H and O–H groups in total. The van der Waals surface area contributed by atoms with E-state index in [-0.39, 0.29) is 7.25 Å². The monoisotopic (exact) mass is 844 g/mol. The molecular formula is C48H48Cl2O2SiZr. The number of hydrogen-bond donors (Lipinski definition) is 0. The molecule has 274 valence electrons. The zero-order chi connectivity index (χ0) is 38.5. The first-order valence-electron chi connectivity index (χ1n) is 19.0. The molecule has 0 aliphatic heterocycles. The fraction of sp³-hybridized carbons (Fsp3) is 0.250. The minimum absolute atomic E-state index is 0.219. The summed E-state index contributed by atoms with van der Waals surface area (Å²) >= 11 is -5.38. The summed E-state index contributed by atoms with van der Waals surface area (Å²) in [5.74, 6) is 3.56. The van der Waals surface area contributed by atoms with Gasteiger partial charge < -0.3 is 0 Å². The van der Waals surface area contributed by atoms with Crippen molar-refractivity contribution >= 4 is 45.8 Å². The van der Waals surface area contributed by atoms with Crippen molar-refractivity contribution in [2.24, 2.45) is 0 Å². The van der Waals surface area contributed by atoms with Gasteiger partial charge in [0.05, 0.1) is 0 Å². The Balaban J connectivity index is 1.48. The van der Waals surface area contributed by atoms with E-state index in [2.05, 4.69) is 152 Å². The fourth-order valence-electron chi connectivity index (χ4n) is 9.23. The van der Waals surface area contributed by atoms with Gasteiger partial charge >= 0.3 is 331 Å². The van der Waals surface area contributed by atoms with Crippen LogP contribution in [0.4, 0.5) is 0 Å². The van der Waals surface area contributed by atoms with Crippen LogP contribution in [0, 0.1) is 55.4 Å². The van der Waals surface area contributed by atoms with Crippen LogP contribution in [0.5, 0.6) is 0 Å². The van der Waals surface area contributed by atoms with E-state index in [4.69, 9.17) is 25.9 Å².